The first-order valence-electron chi connectivity index (χ1n) is 7.04. The number of rotatable bonds is 4. The molecule has 4 unspecified atom stereocenters. The van der Waals surface area contributed by atoms with E-state index in [9.17, 15) is 0 Å². The Kier molecular flexibility index (Phi) is 3.65. The van der Waals surface area contributed by atoms with Crippen LogP contribution in [0.15, 0.2) is 24.3 Å². The Labute approximate surface area is 118 Å². The van der Waals surface area contributed by atoms with E-state index in [2.05, 4.69) is 40.2 Å². The van der Waals surface area contributed by atoms with Crippen LogP contribution in [-0.4, -0.2) is 7.11 Å². The van der Waals surface area contributed by atoms with E-state index in [0.29, 0.717) is 4.83 Å². The second kappa shape index (κ2) is 5.24. The minimum absolute atomic E-state index is 0.507. The molecule has 0 N–H and O–H groups in total. The van der Waals surface area contributed by atoms with Gasteiger partial charge in [0, 0.05) is 4.83 Å². The molecule has 18 heavy (non-hydrogen) atoms. The van der Waals surface area contributed by atoms with E-state index in [-0.39, 0.29) is 0 Å². The molecule has 0 heterocycles. The highest BCUT2D eigenvalue weighted by atomic mass is 79.9. The van der Waals surface area contributed by atoms with Crippen molar-refractivity contribution in [2.75, 3.05) is 7.11 Å². The van der Waals surface area contributed by atoms with E-state index < -0.39 is 0 Å². The summed E-state index contributed by atoms with van der Waals surface area (Å²) in [6.07, 6.45) is 7.26. The zero-order valence-corrected chi connectivity index (χ0v) is 12.5. The maximum Gasteiger partial charge on any atom is 0.118 e. The van der Waals surface area contributed by atoms with Crippen LogP contribution in [0, 0.1) is 17.8 Å². The Morgan fingerprint density at radius 3 is 2.56 bits per heavy atom. The Hall–Kier alpha value is -0.500. The van der Waals surface area contributed by atoms with E-state index in [1.807, 2.05) is 0 Å². The summed E-state index contributed by atoms with van der Waals surface area (Å²) in [7, 11) is 1.72. The van der Waals surface area contributed by atoms with Crippen LogP contribution in [0.5, 0.6) is 5.75 Å². The molecule has 0 aliphatic heterocycles. The van der Waals surface area contributed by atoms with Gasteiger partial charge in [0.2, 0.25) is 0 Å². The third-order valence-electron chi connectivity index (χ3n) is 4.87. The van der Waals surface area contributed by atoms with Crippen LogP contribution in [0.25, 0.3) is 0 Å². The quantitative estimate of drug-likeness (QED) is 0.714. The minimum Gasteiger partial charge on any atom is -0.497 e. The average molecular weight is 309 g/mol. The third-order valence-corrected chi connectivity index (χ3v) is 5.77. The van der Waals surface area contributed by atoms with Crippen LogP contribution in [-0.2, 0) is 0 Å². The predicted molar refractivity (Wildman–Crippen MR) is 78.2 cm³/mol. The van der Waals surface area contributed by atoms with Crippen molar-refractivity contribution in [3.63, 3.8) is 0 Å². The van der Waals surface area contributed by atoms with Crippen molar-refractivity contribution in [3.8, 4) is 5.75 Å². The third kappa shape index (κ3) is 2.45. The van der Waals surface area contributed by atoms with Crippen LogP contribution >= 0.6 is 15.9 Å². The second-order valence-electron chi connectivity index (χ2n) is 5.91. The molecule has 3 rings (SSSR count). The van der Waals surface area contributed by atoms with Gasteiger partial charge >= 0.3 is 0 Å². The Bertz CT molecular complexity index is 400. The molecule has 1 aromatic carbocycles. The Morgan fingerprint density at radius 2 is 2.00 bits per heavy atom. The molecule has 98 valence electrons. The Balaban J connectivity index is 1.62. The molecular formula is C16H21BrO. The van der Waals surface area contributed by atoms with Crippen molar-refractivity contribution in [1.82, 2.24) is 0 Å². The smallest absolute Gasteiger partial charge is 0.118 e. The topological polar surface area (TPSA) is 9.23 Å². The van der Waals surface area contributed by atoms with Crippen LogP contribution in [0.3, 0.4) is 0 Å². The number of benzene rings is 1. The fourth-order valence-electron chi connectivity index (χ4n) is 3.88. The molecular weight excluding hydrogens is 288 g/mol. The standard InChI is InChI=1S/C16H21BrO/c1-18-15-6-4-12(5-7-15)16(17)10-14-9-11-2-3-13(14)8-11/h4-7,11,13-14,16H,2-3,8-10H2,1H3. The van der Waals surface area contributed by atoms with E-state index in [1.54, 1.807) is 7.11 Å². The predicted octanol–water partition coefficient (Wildman–Crippen LogP) is 4.96. The highest BCUT2D eigenvalue weighted by molar-refractivity contribution is 9.09. The van der Waals surface area contributed by atoms with Crippen molar-refractivity contribution >= 4 is 15.9 Å². The first-order chi connectivity index (χ1) is 8.76. The summed E-state index contributed by atoms with van der Waals surface area (Å²) in [5.41, 5.74) is 1.39. The van der Waals surface area contributed by atoms with E-state index in [4.69, 9.17) is 4.74 Å². The van der Waals surface area contributed by atoms with E-state index in [1.165, 1.54) is 37.7 Å². The summed E-state index contributed by atoms with van der Waals surface area (Å²) >= 11 is 3.87. The zero-order valence-electron chi connectivity index (χ0n) is 10.9. The maximum absolute atomic E-state index is 5.21. The molecule has 1 aromatic rings. The molecule has 0 radical (unpaired) electrons. The average Bonchev–Trinajstić information content (AvgIpc) is 3.01. The molecule has 1 nitrogen and oxygen atoms in total. The van der Waals surface area contributed by atoms with Crippen LogP contribution in [0.2, 0.25) is 0 Å². The largest absolute Gasteiger partial charge is 0.497 e. The number of halogens is 1. The summed E-state index contributed by atoms with van der Waals surface area (Å²) in [6, 6.07) is 8.49. The van der Waals surface area contributed by atoms with E-state index >= 15 is 0 Å². The molecule has 0 aromatic heterocycles. The molecule has 2 heteroatoms. The number of methoxy groups -OCH3 is 1. The van der Waals surface area contributed by atoms with E-state index in [0.717, 1.165) is 23.5 Å². The minimum atomic E-state index is 0.507. The fourth-order valence-corrected chi connectivity index (χ4v) is 4.67. The molecule has 2 aliphatic rings. The van der Waals surface area contributed by atoms with Gasteiger partial charge in [-0.25, -0.2) is 0 Å². The number of hydrogen-bond donors (Lipinski definition) is 0. The van der Waals surface area contributed by atoms with Gasteiger partial charge in [0.15, 0.2) is 0 Å². The lowest BCUT2D eigenvalue weighted by atomic mass is 9.84. The number of ether oxygens (including phenoxy) is 1. The zero-order chi connectivity index (χ0) is 12.5. The fraction of sp³-hybridized carbons (Fsp3) is 0.625. The summed E-state index contributed by atoms with van der Waals surface area (Å²) in [6.45, 7) is 0. The monoisotopic (exact) mass is 308 g/mol. The van der Waals surface area contributed by atoms with Gasteiger partial charge in [-0.15, -0.1) is 0 Å². The molecule has 2 aliphatic carbocycles. The van der Waals surface area contributed by atoms with Gasteiger partial charge in [0.1, 0.15) is 5.75 Å². The summed E-state index contributed by atoms with van der Waals surface area (Å²) in [4.78, 5) is 0.507. The van der Waals surface area contributed by atoms with Gasteiger partial charge in [0.25, 0.3) is 0 Å². The molecule has 0 amide bonds. The summed E-state index contributed by atoms with van der Waals surface area (Å²) < 4.78 is 5.21. The van der Waals surface area contributed by atoms with Gasteiger partial charge in [0.05, 0.1) is 7.11 Å². The SMILES string of the molecule is COc1ccc(C(Br)CC2CC3CCC2C3)cc1. The molecule has 2 fully saturated rings. The first kappa shape index (κ1) is 12.5. The van der Waals surface area contributed by atoms with Crippen molar-refractivity contribution in [2.45, 2.75) is 36.9 Å². The van der Waals surface area contributed by atoms with Gasteiger partial charge in [-0.3, -0.25) is 0 Å². The van der Waals surface area contributed by atoms with Crippen molar-refractivity contribution in [3.05, 3.63) is 29.8 Å². The maximum atomic E-state index is 5.21. The molecule has 2 saturated carbocycles. The summed E-state index contributed by atoms with van der Waals surface area (Å²) in [5, 5.41) is 0. The van der Waals surface area contributed by atoms with Gasteiger partial charge in [-0.1, -0.05) is 34.5 Å². The van der Waals surface area contributed by atoms with Crippen molar-refractivity contribution in [2.24, 2.45) is 17.8 Å². The lowest BCUT2D eigenvalue weighted by molar-refractivity contribution is 0.314. The lowest BCUT2D eigenvalue weighted by Gasteiger charge is -2.24. The van der Waals surface area contributed by atoms with Gasteiger partial charge < -0.3 is 4.74 Å². The van der Waals surface area contributed by atoms with Crippen molar-refractivity contribution < 1.29 is 4.74 Å². The molecule has 0 spiro atoms. The van der Waals surface area contributed by atoms with Crippen molar-refractivity contribution in [1.29, 1.82) is 0 Å². The van der Waals surface area contributed by atoms with Crippen LogP contribution in [0.4, 0.5) is 0 Å². The normalized spacial score (nSPS) is 31.6. The number of alkyl halides is 1. The van der Waals surface area contributed by atoms with Gasteiger partial charge in [-0.05, 0) is 61.1 Å². The highest BCUT2D eigenvalue weighted by Crippen LogP contribution is 2.51. The molecule has 0 saturated heterocycles. The van der Waals surface area contributed by atoms with Crippen LogP contribution < -0.4 is 4.74 Å². The lowest BCUT2D eigenvalue weighted by Crippen LogP contribution is -2.12. The first-order valence-corrected chi connectivity index (χ1v) is 7.96. The second-order valence-corrected chi connectivity index (χ2v) is 7.02. The highest BCUT2D eigenvalue weighted by Gasteiger charge is 2.39. The molecule has 4 atom stereocenters. The summed E-state index contributed by atoms with van der Waals surface area (Å²) in [5.74, 6) is 3.97. The Morgan fingerprint density at radius 1 is 1.22 bits per heavy atom. The molecule has 2 bridgehead atoms. The van der Waals surface area contributed by atoms with Gasteiger partial charge in [-0.2, -0.15) is 0 Å². The number of fused-ring (bicyclic) bond motifs is 2. The number of hydrogen-bond acceptors (Lipinski definition) is 1. The van der Waals surface area contributed by atoms with Crippen LogP contribution in [0.1, 0.15) is 42.5 Å².